The number of anilines is 1. The van der Waals surface area contributed by atoms with Gasteiger partial charge in [0.25, 0.3) is 0 Å². The highest BCUT2D eigenvalue weighted by Crippen LogP contribution is 2.35. The van der Waals surface area contributed by atoms with Gasteiger partial charge in [0.15, 0.2) is 0 Å². The molecule has 0 aliphatic carbocycles. The van der Waals surface area contributed by atoms with E-state index in [-0.39, 0.29) is 0 Å². The lowest BCUT2D eigenvalue weighted by Gasteiger charge is -2.24. The van der Waals surface area contributed by atoms with Crippen molar-refractivity contribution < 1.29 is 0 Å². The molecular formula is C24H23BN2. The molecule has 0 saturated heterocycles. The van der Waals surface area contributed by atoms with Gasteiger partial charge in [-0.15, -0.1) is 0 Å². The Labute approximate surface area is 162 Å². The Bertz CT molecular complexity index is 1050. The van der Waals surface area contributed by atoms with E-state index in [2.05, 4.69) is 105 Å². The molecule has 1 aliphatic heterocycles. The van der Waals surface area contributed by atoms with Gasteiger partial charge in [-0.25, -0.2) is 0 Å². The third-order valence-electron chi connectivity index (χ3n) is 5.19. The first-order chi connectivity index (χ1) is 13.1. The summed E-state index contributed by atoms with van der Waals surface area (Å²) in [6.07, 6.45) is 6.45. The van der Waals surface area contributed by atoms with Crippen molar-refractivity contribution in [3.63, 3.8) is 0 Å². The average molecular weight is 350 g/mol. The molecule has 0 aromatic heterocycles. The molecule has 132 valence electrons. The van der Waals surface area contributed by atoms with E-state index in [1.165, 1.54) is 22.3 Å². The molecule has 0 unspecified atom stereocenters. The molecule has 3 aromatic carbocycles. The topological polar surface area (TPSA) is 29.3 Å². The zero-order valence-corrected chi connectivity index (χ0v) is 15.8. The molecule has 0 atom stereocenters. The fraction of sp³-hybridized carbons (Fsp3) is 0.0833. The van der Waals surface area contributed by atoms with Crippen molar-refractivity contribution in [1.82, 2.24) is 4.90 Å². The summed E-state index contributed by atoms with van der Waals surface area (Å²) >= 11 is 0. The summed E-state index contributed by atoms with van der Waals surface area (Å²) in [4.78, 5) is 2.26. The van der Waals surface area contributed by atoms with Crippen LogP contribution in [0.15, 0.2) is 85.0 Å². The number of likely N-dealkylation sites (N-methyl/N-ethyl adjacent to an activating group) is 1. The van der Waals surface area contributed by atoms with Gasteiger partial charge in [0.1, 0.15) is 7.85 Å². The van der Waals surface area contributed by atoms with Crippen molar-refractivity contribution in [3.05, 3.63) is 90.5 Å². The molecular weight excluding hydrogens is 327 g/mol. The largest absolute Gasteiger partial charge is 0.398 e. The molecule has 1 aliphatic rings. The Balaban J connectivity index is 1.80. The fourth-order valence-electron chi connectivity index (χ4n) is 3.69. The highest BCUT2D eigenvalue weighted by atomic mass is 15.1. The zero-order chi connectivity index (χ0) is 18.8. The normalized spacial score (nSPS) is 13.5. The van der Waals surface area contributed by atoms with Crippen molar-refractivity contribution in [1.29, 1.82) is 0 Å². The molecule has 0 amide bonds. The molecule has 2 N–H and O–H groups in total. The number of allylic oxidation sites excluding steroid dienone is 2. The van der Waals surface area contributed by atoms with Gasteiger partial charge in [0, 0.05) is 36.1 Å². The lowest BCUT2D eigenvalue weighted by Crippen LogP contribution is -2.18. The molecule has 3 aromatic rings. The van der Waals surface area contributed by atoms with Crippen LogP contribution < -0.4 is 11.2 Å². The molecule has 3 heteroatoms. The minimum absolute atomic E-state index is 0.829. The van der Waals surface area contributed by atoms with Crippen molar-refractivity contribution in [3.8, 4) is 22.3 Å². The van der Waals surface area contributed by atoms with Gasteiger partial charge in [0.2, 0.25) is 0 Å². The second-order valence-corrected chi connectivity index (χ2v) is 7.02. The number of hydrogen-bond acceptors (Lipinski definition) is 2. The van der Waals surface area contributed by atoms with E-state index in [4.69, 9.17) is 5.73 Å². The molecule has 0 saturated carbocycles. The van der Waals surface area contributed by atoms with Gasteiger partial charge in [-0.3, -0.25) is 0 Å². The quantitative estimate of drug-likeness (QED) is 0.576. The molecule has 4 rings (SSSR count). The van der Waals surface area contributed by atoms with Crippen LogP contribution in [0.4, 0.5) is 5.69 Å². The second-order valence-electron chi connectivity index (χ2n) is 7.02. The summed E-state index contributed by atoms with van der Waals surface area (Å²) in [6.45, 7) is 0.932. The van der Waals surface area contributed by atoms with Gasteiger partial charge >= 0.3 is 0 Å². The smallest absolute Gasteiger partial charge is 0.140 e. The van der Waals surface area contributed by atoms with Crippen LogP contribution in [0.1, 0.15) is 5.56 Å². The monoisotopic (exact) mass is 350 g/mol. The number of para-hydroxylation sites is 1. The lowest BCUT2D eigenvalue weighted by atomic mass is 9.85. The minimum Gasteiger partial charge on any atom is -0.398 e. The van der Waals surface area contributed by atoms with E-state index in [0.717, 1.165) is 28.9 Å². The van der Waals surface area contributed by atoms with Crippen LogP contribution in [0.5, 0.6) is 0 Å². The van der Waals surface area contributed by atoms with Crippen LogP contribution in [0.25, 0.3) is 28.0 Å². The molecule has 0 spiro atoms. The first-order valence-corrected chi connectivity index (χ1v) is 9.28. The number of nitrogen functional groups attached to an aromatic ring is 1. The second kappa shape index (κ2) is 7.20. The van der Waals surface area contributed by atoms with E-state index in [1.807, 2.05) is 0 Å². The van der Waals surface area contributed by atoms with Crippen molar-refractivity contribution >= 4 is 24.7 Å². The molecule has 0 bridgehead atoms. The van der Waals surface area contributed by atoms with Crippen molar-refractivity contribution in [2.45, 2.75) is 0 Å². The maximum atomic E-state index is 6.64. The maximum absolute atomic E-state index is 6.64. The summed E-state index contributed by atoms with van der Waals surface area (Å²) in [7, 11) is 4.25. The first kappa shape index (κ1) is 17.2. The Morgan fingerprint density at radius 3 is 2.37 bits per heavy atom. The van der Waals surface area contributed by atoms with E-state index in [9.17, 15) is 0 Å². The molecule has 1 heterocycles. The summed E-state index contributed by atoms with van der Waals surface area (Å²) in [6, 6.07) is 23.3. The number of nitrogens with zero attached hydrogens (tertiary/aromatic N) is 1. The SMILES string of the molecule is Bc1ccccc1-c1cccc(-c2cccc(C3=CC=CCN3C)c2)c1N. The van der Waals surface area contributed by atoms with Gasteiger partial charge in [-0.05, 0) is 28.8 Å². The third-order valence-corrected chi connectivity index (χ3v) is 5.19. The number of hydrogen-bond donors (Lipinski definition) is 1. The molecule has 0 fully saturated rings. The van der Waals surface area contributed by atoms with E-state index < -0.39 is 0 Å². The predicted octanol–water partition coefficient (Wildman–Crippen LogP) is 3.70. The van der Waals surface area contributed by atoms with Crippen LogP contribution in [-0.4, -0.2) is 26.3 Å². The minimum atomic E-state index is 0.829. The summed E-state index contributed by atoms with van der Waals surface area (Å²) in [5.41, 5.74) is 15.6. The van der Waals surface area contributed by atoms with Crippen molar-refractivity contribution in [2.75, 3.05) is 19.3 Å². The van der Waals surface area contributed by atoms with Gasteiger partial charge < -0.3 is 10.6 Å². The Kier molecular flexibility index (Phi) is 4.60. The Morgan fingerprint density at radius 1 is 0.852 bits per heavy atom. The Morgan fingerprint density at radius 2 is 1.56 bits per heavy atom. The predicted molar refractivity (Wildman–Crippen MR) is 120 cm³/mol. The zero-order valence-electron chi connectivity index (χ0n) is 15.8. The van der Waals surface area contributed by atoms with E-state index in [1.54, 1.807) is 0 Å². The van der Waals surface area contributed by atoms with Gasteiger partial charge in [0.05, 0.1) is 0 Å². The highest BCUT2D eigenvalue weighted by molar-refractivity contribution is 6.36. The van der Waals surface area contributed by atoms with Crippen LogP contribution >= 0.6 is 0 Å². The standard InChI is InChI=1S/C24H23BN2/c1-27-15-5-4-14-23(27)18-9-6-8-17(16-18)19-11-7-12-21(24(19)26)20-10-2-3-13-22(20)25/h2-14,16H,15,25-26H2,1H3. The third kappa shape index (κ3) is 3.29. The number of benzene rings is 3. The highest BCUT2D eigenvalue weighted by Gasteiger charge is 2.13. The van der Waals surface area contributed by atoms with Crippen LogP contribution in [-0.2, 0) is 0 Å². The van der Waals surface area contributed by atoms with E-state index in [0.29, 0.717) is 0 Å². The van der Waals surface area contributed by atoms with Crippen LogP contribution in [0.3, 0.4) is 0 Å². The number of rotatable bonds is 3. The van der Waals surface area contributed by atoms with Gasteiger partial charge in [-0.2, -0.15) is 0 Å². The summed E-state index contributed by atoms with van der Waals surface area (Å²) in [5, 5.41) is 0. The molecule has 0 radical (unpaired) electrons. The number of nitrogens with two attached hydrogens (primary N) is 1. The average Bonchev–Trinajstić information content (AvgIpc) is 2.69. The molecule has 27 heavy (non-hydrogen) atoms. The first-order valence-electron chi connectivity index (χ1n) is 9.28. The summed E-state index contributed by atoms with van der Waals surface area (Å²) < 4.78 is 0. The fourth-order valence-corrected chi connectivity index (χ4v) is 3.69. The Hall–Kier alpha value is -3.20. The van der Waals surface area contributed by atoms with E-state index >= 15 is 0 Å². The van der Waals surface area contributed by atoms with Gasteiger partial charge in [-0.1, -0.05) is 78.3 Å². The molecule has 2 nitrogen and oxygen atoms in total. The summed E-state index contributed by atoms with van der Waals surface area (Å²) in [5.74, 6) is 0. The maximum Gasteiger partial charge on any atom is 0.140 e. The van der Waals surface area contributed by atoms with Crippen LogP contribution in [0, 0.1) is 0 Å². The van der Waals surface area contributed by atoms with Crippen LogP contribution in [0.2, 0.25) is 0 Å². The lowest BCUT2D eigenvalue weighted by molar-refractivity contribution is 0.531. The van der Waals surface area contributed by atoms with Crippen molar-refractivity contribution in [2.24, 2.45) is 0 Å².